The van der Waals surface area contributed by atoms with Crippen LogP contribution in [0.1, 0.15) is 11.9 Å². The summed E-state index contributed by atoms with van der Waals surface area (Å²) < 4.78 is 29.5. The number of ether oxygens (including phenoxy) is 5. The van der Waals surface area contributed by atoms with Crippen LogP contribution in [0.15, 0.2) is 30.3 Å². The fraction of sp³-hybridized carbons (Fsp3) is 0.273. The van der Waals surface area contributed by atoms with Gasteiger partial charge in [0.05, 0.1) is 21.3 Å². The van der Waals surface area contributed by atoms with E-state index >= 15 is 0 Å². The molecule has 31 heavy (non-hydrogen) atoms. The van der Waals surface area contributed by atoms with E-state index in [2.05, 4.69) is 6.92 Å². The highest BCUT2D eigenvalue weighted by Gasteiger charge is 2.24. The first-order chi connectivity index (χ1) is 15.2. The zero-order valence-electron chi connectivity index (χ0n) is 17.6. The van der Waals surface area contributed by atoms with Crippen LogP contribution in [0.25, 0.3) is 27.5 Å². The average Bonchev–Trinajstić information content (AvgIpc) is 3.51. The Morgan fingerprint density at radius 3 is 2.39 bits per heavy atom. The Bertz CT molecular complexity index is 1250. The largest absolute Gasteiger partial charge is 0.493 e. The van der Waals surface area contributed by atoms with Crippen molar-refractivity contribution in [2.45, 2.75) is 13.3 Å². The predicted octanol–water partition coefficient (Wildman–Crippen LogP) is 4.44. The number of aryl methyl sites for hydroxylation is 1. The average molecular weight is 439 g/mol. The van der Waals surface area contributed by atoms with Crippen LogP contribution in [0.5, 0.6) is 28.7 Å². The first-order valence-corrected chi connectivity index (χ1v) is 10.6. The summed E-state index contributed by atoms with van der Waals surface area (Å²) in [6.45, 7) is 2.30. The molecule has 0 saturated heterocycles. The first kappa shape index (κ1) is 19.5. The number of aromatic nitrogens is 3. The zero-order valence-corrected chi connectivity index (χ0v) is 18.4. The van der Waals surface area contributed by atoms with Crippen LogP contribution in [0.2, 0.25) is 0 Å². The van der Waals surface area contributed by atoms with Crippen LogP contribution in [-0.2, 0) is 6.42 Å². The van der Waals surface area contributed by atoms with E-state index in [4.69, 9.17) is 33.8 Å². The van der Waals surface area contributed by atoms with Gasteiger partial charge in [-0.25, -0.2) is 9.50 Å². The van der Waals surface area contributed by atoms with Gasteiger partial charge in [-0.2, -0.15) is 5.10 Å². The van der Waals surface area contributed by atoms with Gasteiger partial charge in [-0.05, 0) is 36.8 Å². The van der Waals surface area contributed by atoms with Crippen molar-refractivity contribution in [1.82, 2.24) is 14.6 Å². The second-order valence-electron chi connectivity index (χ2n) is 6.83. The van der Waals surface area contributed by atoms with Crippen LogP contribution < -0.4 is 23.7 Å². The lowest BCUT2D eigenvalue weighted by Crippen LogP contribution is -1.97. The Morgan fingerprint density at radius 2 is 1.71 bits per heavy atom. The minimum atomic E-state index is 0.219. The van der Waals surface area contributed by atoms with Crippen LogP contribution in [0.4, 0.5) is 0 Å². The minimum absolute atomic E-state index is 0.219. The Balaban J connectivity index is 1.77. The van der Waals surface area contributed by atoms with E-state index in [9.17, 15) is 0 Å². The van der Waals surface area contributed by atoms with Crippen LogP contribution >= 0.6 is 11.3 Å². The molecule has 4 aromatic rings. The van der Waals surface area contributed by atoms with Crippen molar-refractivity contribution in [3.63, 3.8) is 0 Å². The second kappa shape index (κ2) is 7.66. The molecule has 0 bridgehead atoms. The summed E-state index contributed by atoms with van der Waals surface area (Å²) >= 11 is 1.57. The fourth-order valence-electron chi connectivity index (χ4n) is 3.65. The lowest BCUT2D eigenvalue weighted by Gasteiger charge is -2.14. The van der Waals surface area contributed by atoms with Gasteiger partial charge in [-0.1, -0.05) is 18.3 Å². The number of methoxy groups -OCH3 is 3. The highest BCUT2D eigenvalue weighted by molar-refractivity contribution is 7.16. The summed E-state index contributed by atoms with van der Waals surface area (Å²) in [5, 5.41) is 5.79. The molecule has 5 rings (SSSR count). The molecule has 0 saturated carbocycles. The normalized spacial score (nSPS) is 12.4. The van der Waals surface area contributed by atoms with E-state index < -0.39 is 0 Å². The first-order valence-electron chi connectivity index (χ1n) is 9.75. The molecule has 2 aromatic heterocycles. The molecule has 0 radical (unpaired) electrons. The van der Waals surface area contributed by atoms with Gasteiger partial charge in [0.1, 0.15) is 16.4 Å². The molecular weight excluding hydrogens is 418 g/mol. The SMILES string of the molecule is CCc1nn2c(-c3ccc4c(c3)OCO4)c(-c3cc(OC)c(OC)c(OC)c3)nc2s1. The molecule has 3 heterocycles. The molecular formula is C22H21N3O5S. The van der Waals surface area contributed by atoms with Crippen LogP contribution in [0, 0.1) is 0 Å². The van der Waals surface area contributed by atoms with Crippen molar-refractivity contribution in [2.24, 2.45) is 0 Å². The molecule has 0 fully saturated rings. The molecule has 1 aliphatic heterocycles. The lowest BCUT2D eigenvalue weighted by atomic mass is 10.0. The Hall–Kier alpha value is -3.46. The minimum Gasteiger partial charge on any atom is -0.493 e. The number of benzene rings is 2. The standard InChI is InChI=1S/C22H21N3O5S/c1-5-18-24-25-20(12-6-7-14-15(8-12)30-11-29-14)19(23-22(25)31-18)13-9-16(26-2)21(28-4)17(10-13)27-3/h6-10H,5,11H2,1-4H3. The molecule has 0 N–H and O–H groups in total. The Kier molecular flexibility index (Phi) is 4.82. The third-order valence-corrected chi connectivity index (χ3v) is 6.18. The van der Waals surface area contributed by atoms with E-state index in [0.29, 0.717) is 23.0 Å². The molecule has 0 amide bonds. The maximum atomic E-state index is 5.60. The molecule has 0 aliphatic carbocycles. The maximum absolute atomic E-state index is 5.60. The Labute approximate surface area is 182 Å². The summed E-state index contributed by atoms with van der Waals surface area (Å²) in [6.07, 6.45) is 0.841. The van der Waals surface area contributed by atoms with Gasteiger partial charge in [0.15, 0.2) is 23.0 Å². The predicted molar refractivity (Wildman–Crippen MR) is 117 cm³/mol. The van der Waals surface area contributed by atoms with Crippen molar-refractivity contribution in [2.75, 3.05) is 28.1 Å². The van der Waals surface area contributed by atoms with E-state index in [1.54, 1.807) is 32.7 Å². The van der Waals surface area contributed by atoms with Gasteiger partial charge < -0.3 is 23.7 Å². The van der Waals surface area contributed by atoms with Gasteiger partial charge in [-0.3, -0.25) is 0 Å². The number of hydrogen-bond donors (Lipinski definition) is 0. The Morgan fingerprint density at radius 1 is 0.968 bits per heavy atom. The molecule has 0 atom stereocenters. The second-order valence-corrected chi connectivity index (χ2v) is 7.88. The van der Waals surface area contributed by atoms with E-state index in [0.717, 1.165) is 44.7 Å². The van der Waals surface area contributed by atoms with E-state index in [1.165, 1.54) is 0 Å². The van der Waals surface area contributed by atoms with Crippen molar-refractivity contribution in [1.29, 1.82) is 0 Å². The number of imidazole rings is 1. The molecule has 0 spiro atoms. The smallest absolute Gasteiger partial charge is 0.231 e. The summed E-state index contributed by atoms with van der Waals surface area (Å²) in [4.78, 5) is 5.74. The molecule has 8 nitrogen and oxygen atoms in total. The van der Waals surface area contributed by atoms with E-state index in [-0.39, 0.29) is 6.79 Å². The van der Waals surface area contributed by atoms with Crippen LogP contribution in [0.3, 0.4) is 0 Å². The quantitative estimate of drug-likeness (QED) is 0.440. The third kappa shape index (κ3) is 3.12. The highest BCUT2D eigenvalue weighted by atomic mass is 32.1. The lowest BCUT2D eigenvalue weighted by molar-refractivity contribution is 0.174. The topological polar surface area (TPSA) is 76.3 Å². The summed E-state index contributed by atoms with van der Waals surface area (Å²) in [7, 11) is 4.78. The number of hydrogen-bond acceptors (Lipinski definition) is 8. The van der Waals surface area contributed by atoms with Crippen molar-refractivity contribution >= 4 is 16.3 Å². The third-order valence-electron chi connectivity index (χ3n) is 5.13. The van der Waals surface area contributed by atoms with Gasteiger partial charge in [0.2, 0.25) is 17.5 Å². The van der Waals surface area contributed by atoms with Gasteiger partial charge in [0.25, 0.3) is 0 Å². The number of rotatable bonds is 6. The van der Waals surface area contributed by atoms with Crippen molar-refractivity contribution in [3.8, 4) is 51.3 Å². The number of nitrogens with zero attached hydrogens (tertiary/aromatic N) is 3. The zero-order chi connectivity index (χ0) is 21.5. The number of fused-ring (bicyclic) bond motifs is 2. The highest BCUT2D eigenvalue weighted by Crippen LogP contribution is 2.45. The summed E-state index contributed by atoms with van der Waals surface area (Å²) in [5.41, 5.74) is 3.38. The monoisotopic (exact) mass is 439 g/mol. The molecule has 1 aliphatic rings. The molecule has 2 aromatic carbocycles. The summed E-state index contributed by atoms with van der Waals surface area (Å²) in [5.74, 6) is 3.09. The van der Waals surface area contributed by atoms with Gasteiger partial charge in [-0.15, -0.1) is 0 Å². The van der Waals surface area contributed by atoms with Gasteiger partial charge in [0, 0.05) is 11.1 Å². The summed E-state index contributed by atoms with van der Waals surface area (Å²) in [6, 6.07) is 9.64. The van der Waals surface area contributed by atoms with Crippen molar-refractivity contribution < 1.29 is 23.7 Å². The maximum Gasteiger partial charge on any atom is 0.231 e. The van der Waals surface area contributed by atoms with Gasteiger partial charge >= 0.3 is 0 Å². The van der Waals surface area contributed by atoms with E-state index in [1.807, 2.05) is 34.8 Å². The molecule has 0 unspecified atom stereocenters. The fourth-order valence-corrected chi connectivity index (χ4v) is 4.49. The molecule has 160 valence electrons. The molecule has 9 heteroatoms. The van der Waals surface area contributed by atoms with Crippen molar-refractivity contribution in [3.05, 3.63) is 35.3 Å². The van der Waals surface area contributed by atoms with Crippen LogP contribution in [-0.4, -0.2) is 42.7 Å².